The molecule has 33 heavy (non-hydrogen) atoms. The lowest BCUT2D eigenvalue weighted by atomic mass is 9.84. The van der Waals surface area contributed by atoms with Crippen molar-refractivity contribution in [3.05, 3.63) is 65.0 Å². The van der Waals surface area contributed by atoms with Crippen molar-refractivity contribution in [1.82, 2.24) is 10.2 Å². The van der Waals surface area contributed by atoms with Gasteiger partial charge < -0.3 is 19.7 Å². The molecule has 1 aliphatic carbocycles. The van der Waals surface area contributed by atoms with Gasteiger partial charge in [-0.25, -0.2) is 4.39 Å². The van der Waals surface area contributed by atoms with Gasteiger partial charge in [-0.3, -0.25) is 9.59 Å². The minimum absolute atomic E-state index is 0.0715. The van der Waals surface area contributed by atoms with Crippen molar-refractivity contribution < 1.29 is 23.5 Å². The van der Waals surface area contributed by atoms with Gasteiger partial charge in [-0.2, -0.15) is 0 Å². The summed E-state index contributed by atoms with van der Waals surface area (Å²) in [5, 5.41) is 3.00. The van der Waals surface area contributed by atoms with Gasteiger partial charge in [-0.15, -0.1) is 0 Å². The van der Waals surface area contributed by atoms with E-state index in [0.29, 0.717) is 54.4 Å². The first-order valence-electron chi connectivity index (χ1n) is 11.8. The fourth-order valence-corrected chi connectivity index (χ4v) is 5.60. The highest BCUT2D eigenvalue weighted by Gasteiger charge is 2.47. The number of nitrogens with zero attached hydrogens (tertiary/aromatic N) is 1. The van der Waals surface area contributed by atoms with E-state index in [-0.39, 0.29) is 30.5 Å². The normalized spacial score (nSPS) is 23.9. The number of benzene rings is 2. The van der Waals surface area contributed by atoms with E-state index in [4.69, 9.17) is 9.47 Å². The van der Waals surface area contributed by atoms with Gasteiger partial charge in [-0.05, 0) is 61.4 Å². The number of amides is 2. The van der Waals surface area contributed by atoms with E-state index in [1.807, 2.05) is 35.2 Å². The Morgan fingerprint density at radius 2 is 1.94 bits per heavy atom. The van der Waals surface area contributed by atoms with E-state index in [1.165, 1.54) is 12.1 Å². The van der Waals surface area contributed by atoms with Crippen LogP contribution in [0.1, 0.15) is 53.6 Å². The van der Waals surface area contributed by atoms with Crippen LogP contribution in [0.2, 0.25) is 0 Å². The van der Waals surface area contributed by atoms with E-state index in [0.717, 1.165) is 25.7 Å². The number of rotatable bonds is 5. The molecular formula is C26H29FN2O4. The summed E-state index contributed by atoms with van der Waals surface area (Å²) in [4.78, 5) is 28.5. The summed E-state index contributed by atoms with van der Waals surface area (Å²) in [5.74, 6) is 0.458. The molecular weight excluding hydrogens is 423 g/mol. The van der Waals surface area contributed by atoms with Crippen molar-refractivity contribution in [2.24, 2.45) is 5.92 Å². The van der Waals surface area contributed by atoms with E-state index in [1.54, 1.807) is 0 Å². The minimum Gasteiger partial charge on any atom is -0.467 e. The molecule has 6 nitrogen and oxygen atoms in total. The third-order valence-electron chi connectivity index (χ3n) is 7.09. The highest BCUT2D eigenvalue weighted by atomic mass is 19.1. The highest BCUT2D eigenvalue weighted by Crippen LogP contribution is 2.40. The first-order valence-corrected chi connectivity index (χ1v) is 11.8. The van der Waals surface area contributed by atoms with Gasteiger partial charge in [-0.1, -0.05) is 31.0 Å². The smallest absolute Gasteiger partial charge is 0.254 e. The fourth-order valence-electron chi connectivity index (χ4n) is 5.60. The molecule has 2 aromatic carbocycles. The van der Waals surface area contributed by atoms with Gasteiger partial charge in [0.15, 0.2) is 6.79 Å². The number of hydrogen-bond acceptors (Lipinski definition) is 4. The maximum Gasteiger partial charge on any atom is 0.254 e. The zero-order chi connectivity index (χ0) is 22.8. The minimum atomic E-state index is -0.475. The van der Waals surface area contributed by atoms with Crippen LogP contribution in [-0.4, -0.2) is 42.1 Å². The Morgan fingerprint density at radius 3 is 2.79 bits per heavy atom. The molecule has 1 N–H and O–H groups in total. The molecule has 1 saturated carbocycles. The van der Waals surface area contributed by atoms with Crippen molar-refractivity contribution >= 4 is 11.8 Å². The van der Waals surface area contributed by atoms with Crippen LogP contribution < -0.4 is 10.1 Å². The predicted octanol–water partition coefficient (Wildman–Crippen LogP) is 3.82. The number of fused-ring (bicyclic) bond motifs is 2. The number of ether oxygens (including phenoxy) is 2. The summed E-state index contributed by atoms with van der Waals surface area (Å²) in [6, 6.07) is 11.7. The maximum atomic E-state index is 14.0. The molecule has 3 atom stereocenters. The Balaban J connectivity index is 1.29. The maximum absolute atomic E-state index is 14.0. The molecule has 3 aliphatic rings. The average Bonchev–Trinajstić information content (AvgIpc) is 3.23. The van der Waals surface area contributed by atoms with Crippen molar-refractivity contribution in [3.63, 3.8) is 0 Å². The number of halogens is 1. The van der Waals surface area contributed by atoms with Crippen LogP contribution in [-0.2, 0) is 22.6 Å². The zero-order valence-electron chi connectivity index (χ0n) is 18.6. The second-order valence-electron chi connectivity index (χ2n) is 9.15. The van der Waals surface area contributed by atoms with Gasteiger partial charge in [0.2, 0.25) is 5.91 Å². The number of likely N-dealkylation sites (tertiary alicyclic amines) is 1. The molecule has 2 amide bonds. The number of hydrogen-bond donors (Lipinski definition) is 1. The topological polar surface area (TPSA) is 67.9 Å². The van der Waals surface area contributed by atoms with Gasteiger partial charge in [0.25, 0.3) is 5.91 Å². The molecule has 0 aromatic heterocycles. The summed E-state index contributed by atoms with van der Waals surface area (Å²) < 4.78 is 24.8. The molecule has 3 unspecified atom stereocenters. The van der Waals surface area contributed by atoms with Crippen LogP contribution in [0.4, 0.5) is 4.39 Å². The van der Waals surface area contributed by atoms with Crippen LogP contribution in [0, 0.1) is 11.7 Å². The first-order chi connectivity index (χ1) is 16.1. The molecule has 2 heterocycles. The lowest BCUT2D eigenvalue weighted by Gasteiger charge is -2.33. The van der Waals surface area contributed by atoms with Gasteiger partial charge >= 0.3 is 0 Å². The third-order valence-corrected chi connectivity index (χ3v) is 7.09. The summed E-state index contributed by atoms with van der Waals surface area (Å²) in [6.07, 6.45) is 5.38. The quantitative estimate of drug-likeness (QED) is 0.749. The van der Waals surface area contributed by atoms with Crippen LogP contribution >= 0.6 is 0 Å². The van der Waals surface area contributed by atoms with Crippen LogP contribution in [0.5, 0.6) is 5.75 Å². The highest BCUT2D eigenvalue weighted by molar-refractivity contribution is 5.98. The molecule has 0 radical (unpaired) electrons. The lowest BCUT2D eigenvalue weighted by Crippen LogP contribution is -2.49. The van der Waals surface area contributed by atoms with Gasteiger partial charge in [0.05, 0.1) is 6.61 Å². The largest absolute Gasteiger partial charge is 0.467 e. The average molecular weight is 453 g/mol. The van der Waals surface area contributed by atoms with E-state index < -0.39 is 6.04 Å². The summed E-state index contributed by atoms with van der Waals surface area (Å²) >= 11 is 0. The predicted molar refractivity (Wildman–Crippen MR) is 120 cm³/mol. The number of nitrogens with one attached hydrogen (secondary N) is 1. The Kier molecular flexibility index (Phi) is 6.31. The molecule has 174 valence electrons. The molecule has 0 bridgehead atoms. The Hall–Kier alpha value is -2.93. The molecule has 5 rings (SSSR count). The second-order valence-corrected chi connectivity index (χ2v) is 9.15. The molecule has 2 fully saturated rings. The third kappa shape index (κ3) is 4.47. The molecule has 1 saturated heterocycles. The summed E-state index contributed by atoms with van der Waals surface area (Å²) in [5.41, 5.74) is 2.01. The van der Waals surface area contributed by atoms with E-state index in [9.17, 15) is 14.0 Å². The second kappa shape index (κ2) is 9.51. The standard InChI is InChI=1S/C26H29FN2O4/c27-21-12-19(24-20(13-21)15-32-16-33-24)10-11-28-25(30)23-14-18-8-4-5-9-22(18)29(23)26(31)17-6-2-1-3-7-17/h1-3,6-7,12-13,18,22-23H,4-5,8-11,14-16H2,(H,28,30). The molecule has 0 spiro atoms. The Morgan fingerprint density at radius 1 is 1.12 bits per heavy atom. The van der Waals surface area contributed by atoms with E-state index >= 15 is 0 Å². The molecule has 2 aromatic rings. The summed E-state index contributed by atoms with van der Waals surface area (Å²) in [7, 11) is 0. The van der Waals surface area contributed by atoms with Crippen LogP contribution in [0.15, 0.2) is 42.5 Å². The first kappa shape index (κ1) is 21.9. The van der Waals surface area contributed by atoms with Crippen molar-refractivity contribution in [2.45, 2.75) is 57.2 Å². The monoisotopic (exact) mass is 452 g/mol. The van der Waals surface area contributed by atoms with Crippen molar-refractivity contribution in [2.75, 3.05) is 13.3 Å². The number of carbonyl (C=O) groups excluding carboxylic acids is 2. The van der Waals surface area contributed by atoms with Crippen LogP contribution in [0.3, 0.4) is 0 Å². The fraction of sp³-hybridized carbons (Fsp3) is 0.462. The van der Waals surface area contributed by atoms with E-state index in [2.05, 4.69) is 5.32 Å². The van der Waals surface area contributed by atoms with Crippen molar-refractivity contribution in [1.29, 1.82) is 0 Å². The number of carbonyl (C=O) groups is 2. The molecule has 7 heteroatoms. The lowest BCUT2D eigenvalue weighted by molar-refractivity contribution is -0.125. The zero-order valence-corrected chi connectivity index (χ0v) is 18.6. The van der Waals surface area contributed by atoms with Crippen LogP contribution in [0.25, 0.3) is 0 Å². The SMILES string of the molecule is O=C(NCCc1cc(F)cc2c1OCOC2)C1CC2CCCCC2N1C(=O)c1ccccc1. The Labute approximate surface area is 193 Å². The molecule has 2 aliphatic heterocycles. The Bertz CT molecular complexity index is 1030. The van der Waals surface area contributed by atoms with Gasteiger partial charge in [0, 0.05) is 23.7 Å². The van der Waals surface area contributed by atoms with Gasteiger partial charge in [0.1, 0.15) is 17.6 Å². The van der Waals surface area contributed by atoms with Crippen molar-refractivity contribution in [3.8, 4) is 5.75 Å². The summed E-state index contributed by atoms with van der Waals surface area (Å²) in [6.45, 7) is 0.797.